The summed E-state index contributed by atoms with van der Waals surface area (Å²) in [7, 11) is 3.18. The van der Waals surface area contributed by atoms with Crippen molar-refractivity contribution in [1.29, 1.82) is 0 Å². The highest BCUT2D eigenvalue weighted by molar-refractivity contribution is 5.68. The number of amides is 1. The van der Waals surface area contributed by atoms with E-state index < -0.39 is 0 Å². The van der Waals surface area contributed by atoms with Crippen molar-refractivity contribution < 1.29 is 19.0 Å². The summed E-state index contributed by atoms with van der Waals surface area (Å²) >= 11 is 0. The van der Waals surface area contributed by atoms with Crippen molar-refractivity contribution in [3.05, 3.63) is 0 Å². The summed E-state index contributed by atoms with van der Waals surface area (Å²) in [4.78, 5) is 13.2. The molecule has 1 saturated heterocycles. The lowest BCUT2D eigenvalue weighted by Crippen LogP contribution is -2.51. The van der Waals surface area contributed by atoms with E-state index >= 15 is 0 Å². The molecule has 0 aromatic rings. The van der Waals surface area contributed by atoms with Crippen LogP contribution in [0.2, 0.25) is 0 Å². The van der Waals surface area contributed by atoms with E-state index in [9.17, 15) is 4.79 Å². The van der Waals surface area contributed by atoms with E-state index in [1.54, 1.807) is 21.1 Å². The summed E-state index contributed by atoms with van der Waals surface area (Å²) in [6.45, 7) is 2.15. The molecule has 1 aliphatic rings. The molecule has 15 heavy (non-hydrogen) atoms. The molecule has 0 N–H and O–H groups in total. The first-order valence-electron chi connectivity index (χ1n) is 5.25. The molecular weight excluding hydrogens is 198 g/mol. The van der Waals surface area contributed by atoms with Gasteiger partial charge in [-0.25, -0.2) is 4.79 Å². The van der Waals surface area contributed by atoms with E-state index in [2.05, 4.69) is 0 Å². The van der Waals surface area contributed by atoms with E-state index in [1.807, 2.05) is 0 Å². The Morgan fingerprint density at radius 1 is 1.27 bits per heavy atom. The van der Waals surface area contributed by atoms with Crippen LogP contribution in [0, 0.1) is 0 Å². The van der Waals surface area contributed by atoms with Gasteiger partial charge >= 0.3 is 6.09 Å². The molecule has 5 nitrogen and oxygen atoms in total. The number of hydrogen-bond acceptors (Lipinski definition) is 4. The number of carbonyl (C=O) groups is 1. The fourth-order valence-corrected chi connectivity index (χ4v) is 1.83. The second-order valence-electron chi connectivity index (χ2n) is 3.42. The number of carbonyl (C=O) groups excluding carboxylic acids is 1. The number of hydrogen-bond donors (Lipinski definition) is 0. The predicted molar refractivity (Wildman–Crippen MR) is 54.3 cm³/mol. The minimum absolute atomic E-state index is 0.234. The van der Waals surface area contributed by atoms with Crippen molar-refractivity contribution in [3.8, 4) is 0 Å². The van der Waals surface area contributed by atoms with Gasteiger partial charge in [0, 0.05) is 14.2 Å². The SMILES string of the molecule is CCOC(=O)N1C(OC)CCCC1OC. The Balaban J connectivity index is 2.69. The smallest absolute Gasteiger partial charge is 0.413 e. The van der Waals surface area contributed by atoms with Crippen molar-refractivity contribution >= 4 is 6.09 Å². The minimum atomic E-state index is -0.365. The normalized spacial score (nSPS) is 26.5. The summed E-state index contributed by atoms with van der Waals surface area (Å²) in [5, 5.41) is 0. The van der Waals surface area contributed by atoms with Gasteiger partial charge in [-0.05, 0) is 26.2 Å². The monoisotopic (exact) mass is 217 g/mol. The lowest BCUT2D eigenvalue weighted by atomic mass is 10.1. The molecule has 0 aliphatic carbocycles. The van der Waals surface area contributed by atoms with Gasteiger partial charge in [0.2, 0.25) is 0 Å². The Kier molecular flexibility index (Phi) is 4.84. The van der Waals surface area contributed by atoms with Gasteiger partial charge < -0.3 is 14.2 Å². The van der Waals surface area contributed by atoms with Crippen LogP contribution in [0.1, 0.15) is 26.2 Å². The molecule has 5 heteroatoms. The predicted octanol–water partition coefficient (Wildman–Crippen LogP) is 1.57. The van der Waals surface area contributed by atoms with Crippen LogP contribution in [0.25, 0.3) is 0 Å². The van der Waals surface area contributed by atoms with Crippen LogP contribution in [-0.2, 0) is 14.2 Å². The van der Waals surface area contributed by atoms with Gasteiger partial charge in [0.1, 0.15) is 12.5 Å². The quantitative estimate of drug-likeness (QED) is 0.720. The summed E-state index contributed by atoms with van der Waals surface area (Å²) in [5.74, 6) is 0. The average Bonchev–Trinajstić information content (AvgIpc) is 2.28. The van der Waals surface area contributed by atoms with Crippen molar-refractivity contribution in [2.24, 2.45) is 0 Å². The summed E-state index contributed by atoms with van der Waals surface area (Å²) in [6.07, 6.45) is 1.82. The topological polar surface area (TPSA) is 48.0 Å². The number of methoxy groups -OCH3 is 2. The average molecular weight is 217 g/mol. The van der Waals surface area contributed by atoms with Crippen molar-refractivity contribution in [2.75, 3.05) is 20.8 Å². The lowest BCUT2D eigenvalue weighted by Gasteiger charge is -2.39. The second-order valence-corrected chi connectivity index (χ2v) is 3.42. The minimum Gasteiger partial charge on any atom is -0.450 e. The van der Waals surface area contributed by atoms with E-state index in [1.165, 1.54) is 4.90 Å². The number of piperidine rings is 1. The van der Waals surface area contributed by atoms with Gasteiger partial charge in [-0.2, -0.15) is 0 Å². The number of ether oxygens (including phenoxy) is 3. The Bertz CT molecular complexity index is 198. The first-order chi connectivity index (χ1) is 7.24. The molecule has 0 bridgehead atoms. The maximum Gasteiger partial charge on any atom is 0.413 e. The molecule has 1 aliphatic heterocycles. The Hall–Kier alpha value is -0.810. The van der Waals surface area contributed by atoms with E-state index in [0.717, 1.165) is 19.3 Å². The molecule has 2 atom stereocenters. The van der Waals surface area contributed by atoms with E-state index in [-0.39, 0.29) is 18.5 Å². The zero-order valence-electron chi connectivity index (χ0n) is 9.56. The molecule has 88 valence electrons. The highest BCUT2D eigenvalue weighted by Gasteiger charge is 2.35. The molecule has 0 spiro atoms. The molecule has 1 rings (SSSR count). The van der Waals surface area contributed by atoms with Gasteiger partial charge in [-0.3, -0.25) is 4.90 Å². The fraction of sp³-hybridized carbons (Fsp3) is 0.900. The van der Waals surface area contributed by atoms with Crippen molar-refractivity contribution in [2.45, 2.75) is 38.6 Å². The van der Waals surface area contributed by atoms with Gasteiger partial charge in [0.05, 0.1) is 6.61 Å². The third-order valence-electron chi connectivity index (χ3n) is 2.55. The first-order valence-corrected chi connectivity index (χ1v) is 5.25. The van der Waals surface area contributed by atoms with Crippen LogP contribution in [0.5, 0.6) is 0 Å². The second kappa shape index (κ2) is 5.92. The molecule has 1 amide bonds. The third-order valence-corrected chi connectivity index (χ3v) is 2.55. The third kappa shape index (κ3) is 2.82. The first kappa shape index (κ1) is 12.3. The van der Waals surface area contributed by atoms with Gasteiger partial charge in [0.25, 0.3) is 0 Å². The molecule has 0 saturated carbocycles. The van der Waals surface area contributed by atoms with Crippen LogP contribution >= 0.6 is 0 Å². The van der Waals surface area contributed by atoms with Crippen molar-refractivity contribution in [1.82, 2.24) is 4.90 Å². The number of rotatable bonds is 3. The van der Waals surface area contributed by atoms with E-state index in [0.29, 0.717) is 6.61 Å². The Morgan fingerprint density at radius 2 is 1.80 bits per heavy atom. The summed E-state index contributed by atoms with van der Waals surface area (Å²) in [6, 6.07) is 0. The number of nitrogens with zero attached hydrogens (tertiary/aromatic N) is 1. The zero-order valence-corrected chi connectivity index (χ0v) is 9.56. The zero-order chi connectivity index (χ0) is 11.3. The van der Waals surface area contributed by atoms with Crippen LogP contribution in [0.15, 0.2) is 0 Å². The highest BCUT2D eigenvalue weighted by atomic mass is 16.6. The molecule has 0 aromatic carbocycles. The molecule has 0 radical (unpaired) electrons. The van der Waals surface area contributed by atoms with Gasteiger partial charge in [0.15, 0.2) is 0 Å². The lowest BCUT2D eigenvalue weighted by molar-refractivity contribution is -0.142. The summed E-state index contributed by atoms with van der Waals surface area (Å²) in [5.41, 5.74) is 0. The summed E-state index contributed by atoms with van der Waals surface area (Å²) < 4.78 is 15.5. The maximum atomic E-state index is 11.7. The maximum absolute atomic E-state index is 11.7. The van der Waals surface area contributed by atoms with E-state index in [4.69, 9.17) is 14.2 Å². The number of likely N-dealkylation sites (tertiary alicyclic amines) is 1. The Morgan fingerprint density at radius 3 is 2.20 bits per heavy atom. The molecule has 1 fully saturated rings. The van der Waals surface area contributed by atoms with Crippen LogP contribution in [0.3, 0.4) is 0 Å². The highest BCUT2D eigenvalue weighted by Crippen LogP contribution is 2.24. The molecule has 1 heterocycles. The standard InChI is InChI=1S/C10H19NO4/c1-4-15-10(12)11-8(13-2)6-5-7-9(11)14-3/h8-9H,4-7H2,1-3H3. The molecular formula is C10H19NO4. The largest absolute Gasteiger partial charge is 0.450 e. The van der Waals surface area contributed by atoms with Crippen LogP contribution in [0.4, 0.5) is 4.79 Å². The van der Waals surface area contributed by atoms with Gasteiger partial charge in [-0.15, -0.1) is 0 Å². The fourth-order valence-electron chi connectivity index (χ4n) is 1.83. The van der Waals surface area contributed by atoms with Crippen LogP contribution < -0.4 is 0 Å². The van der Waals surface area contributed by atoms with Crippen molar-refractivity contribution in [3.63, 3.8) is 0 Å². The van der Waals surface area contributed by atoms with Crippen LogP contribution in [-0.4, -0.2) is 44.3 Å². The Labute approximate surface area is 90.3 Å². The molecule has 0 aromatic heterocycles. The van der Waals surface area contributed by atoms with Gasteiger partial charge in [-0.1, -0.05) is 0 Å². The molecule has 2 unspecified atom stereocenters.